The Hall–Kier alpha value is -1.91. The Kier molecular flexibility index (Phi) is 36.6. The van der Waals surface area contributed by atoms with E-state index in [0.29, 0.717) is 19.6 Å². The Labute approximate surface area is 279 Å². The summed E-state index contributed by atoms with van der Waals surface area (Å²) < 4.78 is 11.1. The summed E-state index contributed by atoms with van der Waals surface area (Å²) in [6, 6.07) is 0. The highest BCUT2D eigenvalue weighted by Crippen LogP contribution is 2.12. The summed E-state index contributed by atoms with van der Waals surface area (Å²) in [5, 5.41) is 9.50. The molecule has 0 aliphatic heterocycles. The zero-order valence-corrected chi connectivity index (χ0v) is 29.6. The van der Waals surface area contributed by atoms with Gasteiger partial charge in [-0.2, -0.15) is 0 Å². The predicted octanol–water partition coefficient (Wildman–Crippen LogP) is 12.1. The van der Waals surface area contributed by atoms with Crippen molar-refractivity contribution in [3.05, 3.63) is 60.8 Å². The van der Waals surface area contributed by atoms with Crippen molar-refractivity contribution in [2.45, 2.75) is 174 Å². The first-order chi connectivity index (χ1) is 22.2. The number of aliphatic hydroxyl groups is 1. The van der Waals surface area contributed by atoms with Crippen LogP contribution in [0.1, 0.15) is 168 Å². The van der Waals surface area contributed by atoms with Crippen LogP contribution in [0.15, 0.2) is 60.8 Å². The molecular weight excluding hydrogens is 556 g/mol. The van der Waals surface area contributed by atoms with E-state index in [4.69, 9.17) is 9.47 Å². The van der Waals surface area contributed by atoms with Crippen LogP contribution in [0.25, 0.3) is 0 Å². The Morgan fingerprint density at radius 1 is 0.556 bits per heavy atom. The molecule has 0 saturated heterocycles. The number of allylic oxidation sites excluding steroid dienone is 10. The molecule has 260 valence electrons. The van der Waals surface area contributed by atoms with Crippen LogP contribution in [0.5, 0.6) is 0 Å². The fraction of sp³-hybridized carbons (Fsp3) is 0.732. The number of aliphatic hydroxyl groups excluding tert-OH is 1. The number of rotatable bonds is 34. The third kappa shape index (κ3) is 36.4. The van der Waals surface area contributed by atoms with Gasteiger partial charge in [-0.05, 0) is 57.8 Å². The number of unbranched alkanes of at least 4 members (excludes halogenated alkanes) is 16. The second kappa shape index (κ2) is 38.3. The molecule has 1 atom stereocenters. The molecule has 0 heterocycles. The smallest absolute Gasteiger partial charge is 0.306 e. The van der Waals surface area contributed by atoms with Gasteiger partial charge in [0.15, 0.2) is 0 Å². The summed E-state index contributed by atoms with van der Waals surface area (Å²) in [6.07, 6.45) is 50.0. The molecule has 4 nitrogen and oxygen atoms in total. The maximum absolute atomic E-state index is 12.0. The molecule has 45 heavy (non-hydrogen) atoms. The third-order valence-corrected chi connectivity index (χ3v) is 7.86. The number of esters is 1. The summed E-state index contributed by atoms with van der Waals surface area (Å²) >= 11 is 0. The fourth-order valence-electron chi connectivity index (χ4n) is 5.06. The first-order valence-electron chi connectivity index (χ1n) is 18.9. The van der Waals surface area contributed by atoms with E-state index in [0.717, 1.165) is 51.4 Å². The lowest BCUT2D eigenvalue weighted by Gasteiger charge is -2.15. The van der Waals surface area contributed by atoms with Crippen molar-refractivity contribution in [1.82, 2.24) is 0 Å². The van der Waals surface area contributed by atoms with Crippen LogP contribution in [0, 0.1) is 0 Å². The van der Waals surface area contributed by atoms with Crippen molar-refractivity contribution in [2.24, 2.45) is 0 Å². The van der Waals surface area contributed by atoms with Crippen LogP contribution < -0.4 is 0 Å². The first-order valence-corrected chi connectivity index (χ1v) is 18.9. The lowest BCUT2D eigenvalue weighted by atomic mass is 10.1. The average Bonchev–Trinajstić information content (AvgIpc) is 3.05. The molecule has 4 heteroatoms. The molecule has 0 fully saturated rings. The molecule has 0 spiro atoms. The summed E-state index contributed by atoms with van der Waals surface area (Å²) in [5.74, 6) is -0.212. The second-order valence-electron chi connectivity index (χ2n) is 12.3. The highest BCUT2D eigenvalue weighted by Gasteiger charge is 2.13. The average molecular weight is 629 g/mol. The SMILES string of the molecule is CC/C=C\C/C=C\C/C=C\C/C=C\C/C=C\CCCCCCCCCCCCOCC(CO)OC(=O)CCCCCCCCC. The number of hydrogen-bond acceptors (Lipinski definition) is 4. The molecule has 0 bridgehead atoms. The molecule has 0 aromatic heterocycles. The van der Waals surface area contributed by atoms with Crippen LogP contribution in [0.2, 0.25) is 0 Å². The fourth-order valence-corrected chi connectivity index (χ4v) is 5.06. The van der Waals surface area contributed by atoms with E-state index in [1.807, 2.05) is 0 Å². The zero-order chi connectivity index (χ0) is 32.7. The summed E-state index contributed by atoms with van der Waals surface area (Å²) in [4.78, 5) is 12.0. The molecule has 0 aromatic carbocycles. The Morgan fingerprint density at radius 2 is 1.00 bits per heavy atom. The maximum Gasteiger partial charge on any atom is 0.306 e. The number of ether oxygens (including phenoxy) is 2. The standard InChI is InChI=1S/C41H72O4/c1-3-5-7-9-11-12-13-14-15-16-17-18-19-20-21-22-23-24-25-26-27-28-29-31-33-35-37-44-39-40(38-42)45-41(43)36-34-32-30-10-8-6-4-2/h5,7,11-12,14-15,17-18,20-21,40,42H,3-4,6,8-10,13,16,19,22-39H2,1-2H3/b7-5-,12-11-,15-14-,18-17-,21-20-. The zero-order valence-electron chi connectivity index (χ0n) is 29.6. The molecule has 0 radical (unpaired) electrons. The van der Waals surface area contributed by atoms with E-state index in [2.05, 4.69) is 74.6 Å². The third-order valence-electron chi connectivity index (χ3n) is 7.86. The molecule has 0 aliphatic rings. The van der Waals surface area contributed by atoms with E-state index < -0.39 is 6.10 Å². The first kappa shape index (κ1) is 43.1. The van der Waals surface area contributed by atoms with Crippen LogP contribution in [0.3, 0.4) is 0 Å². The van der Waals surface area contributed by atoms with Gasteiger partial charge in [0.2, 0.25) is 0 Å². The monoisotopic (exact) mass is 629 g/mol. The van der Waals surface area contributed by atoms with Crippen LogP contribution in [-0.2, 0) is 14.3 Å². The lowest BCUT2D eigenvalue weighted by molar-refractivity contribution is -0.154. The van der Waals surface area contributed by atoms with E-state index >= 15 is 0 Å². The highest BCUT2D eigenvalue weighted by atomic mass is 16.6. The quantitative estimate of drug-likeness (QED) is 0.0437. The van der Waals surface area contributed by atoms with E-state index in [1.54, 1.807) is 0 Å². The van der Waals surface area contributed by atoms with E-state index in [-0.39, 0.29) is 12.6 Å². The lowest BCUT2D eigenvalue weighted by Crippen LogP contribution is -2.27. The Morgan fingerprint density at radius 3 is 1.51 bits per heavy atom. The molecule has 0 aromatic rings. The normalized spacial score (nSPS) is 13.0. The molecule has 0 rings (SSSR count). The summed E-state index contributed by atoms with van der Waals surface area (Å²) in [5.41, 5.74) is 0. The van der Waals surface area contributed by atoms with Gasteiger partial charge >= 0.3 is 5.97 Å². The summed E-state index contributed by atoms with van der Waals surface area (Å²) in [7, 11) is 0. The van der Waals surface area contributed by atoms with E-state index in [1.165, 1.54) is 96.3 Å². The number of carbonyl (C=O) groups is 1. The van der Waals surface area contributed by atoms with Crippen molar-refractivity contribution in [1.29, 1.82) is 0 Å². The van der Waals surface area contributed by atoms with Gasteiger partial charge in [-0.15, -0.1) is 0 Å². The Balaban J connectivity index is 3.43. The summed E-state index contributed by atoms with van der Waals surface area (Å²) in [6.45, 7) is 5.17. The van der Waals surface area contributed by atoms with Gasteiger partial charge in [-0.25, -0.2) is 0 Å². The van der Waals surface area contributed by atoms with Gasteiger partial charge in [0.25, 0.3) is 0 Å². The van der Waals surface area contributed by atoms with E-state index in [9.17, 15) is 9.90 Å². The van der Waals surface area contributed by atoms with Gasteiger partial charge in [-0.1, -0.05) is 164 Å². The molecule has 0 aliphatic carbocycles. The maximum atomic E-state index is 12.0. The van der Waals surface area contributed by atoms with Crippen LogP contribution in [0.4, 0.5) is 0 Å². The van der Waals surface area contributed by atoms with Crippen LogP contribution in [-0.4, -0.2) is 37.0 Å². The molecular formula is C41H72O4. The van der Waals surface area contributed by atoms with Crippen molar-refractivity contribution in [3.63, 3.8) is 0 Å². The van der Waals surface area contributed by atoms with Crippen LogP contribution >= 0.6 is 0 Å². The van der Waals surface area contributed by atoms with Crippen molar-refractivity contribution in [2.75, 3.05) is 19.8 Å². The number of hydrogen-bond donors (Lipinski definition) is 1. The molecule has 0 amide bonds. The molecule has 1 unspecified atom stereocenters. The van der Waals surface area contributed by atoms with Crippen molar-refractivity contribution < 1.29 is 19.4 Å². The predicted molar refractivity (Wildman–Crippen MR) is 196 cm³/mol. The van der Waals surface area contributed by atoms with Gasteiger partial charge in [0, 0.05) is 13.0 Å². The van der Waals surface area contributed by atoms with Crippen molar-refractivity contribution in [3.8, 4) is 0 Å². The van der Waals surface area contributed by atoms with Crippen molar-refractivity contribution >= 4 is 5.97 Å². The van der Waals surface area contributed by atoms with Gasteiger partial charge in [-0.3, -0.25) is 4.79 Å². The minimum absolute atomic E-state index is 0.174. The molecule has 0 saturated carbocycles. The highest BCUT2D eigenvalue weighted by molar-refractivity contribution is 5.69. The second-order valence-corrected chi connectivity index (χ2v) is 12.3. The topological polar surface area (TPSA) is 55.8 Å². The molecule has 1 N–H and O–H groups in total. The largest absolute Gasteiger partial charge is 0.457 e. The van der Waals surface area contributed by atoms with Gasteiger partial charge < -0.3 is 14.6 Å². The Bertz CT molecular complexity index is 749. The van der Waals surface area contributed by atoms with Gasteiger partial charge in [0.1, 0.15) is 6.10 Å². The number of carbonyl (C=O) groups excluding carboxylic acids is 1. The minimum atomic E-state index is -0.533. The van der Waals surface area contributed by atoms with Gasteiger partial charge in [0.05, 0.1) is 13.2 Å². The minimum Gasteiger partial charge on any atom is -0.457 e.